The van der Waals surface area contributed by atoms with Crippen LogP contribution < -0.4 is 10.6 Å². The van der Waals surface area contributed by atoms with Crippen LogP contribution >= 0.6 is 0 Å². The first-order valence-electron chi connectivity index (χ1n) is 5.82. The molecule has 1 amide bonds. The lowest BCUT2D eigenvalue weighted by molar-refractivity contribution is -0.132. The van der Waals surface area contributed by atoms with Crippen LogP contribution in [0.15, 0.2) is 12.1 Å². The number of halogens is 5. The van der Waals surface area contributed by atoms with E-state index in [2.05, 4.69) is 5.32 Å². The molecule has 0 aliphatic heterocycles. The van der Waals surface area contributed by atoms with Crippen LogP contribution in [0.4, 0.5) is 27.6 Å². The minimum absolute atomic E-state index is 0.283. The first-order valence-corrected chi connectivity index (χ1v) is 5.82. The van der Waals surface area contributed by atoms with E-state index in [0.29, 0.717) is 0 Å². The van der Waals surface area contributed by atoms with Gasteiger partial charge < -0.3 is 10.6 Å². The van der Waals surface area contributed by atoms with Gasteiger partial charge in [-0.05, 0) is 19.1 Å². The smallest absolute Gasteiger partial charge is 0.381 e. The van der Waals surface area contributed by atoms with E-state index in [-0.39, 0.29) is 17.8 Å². The van der Waals surface area contributed by atoms with Gasteiger partial charge in [-0.25, -0.2) is 8.78 Å². The predicted octanol–water partition coefficient (Wildman–Crippen LogP) is 3.08. The predicted molar refractivity (Wildman–Crippen MR) is 63.5 cm³/mol. The van der Waals surface area contributed by atoms with E-state index in [0.717, 1.165) is 12.1 Å². The molecule has 0 aromatic heterocycles. The van der Waals surface area contributed by atoms with Gasteiger partial charge in [0.15, 0.2) is 0 Å². The number of nitrogens with one attached hydrogen (secondary N) is 2. The van der Waals surface area contributed by atoms with Crippen LogP contribution in [-0.4, -0.2) is 25.2 Å². The molecule has 2 N–H and O–H groups in total. The van der Waals surface area contributed by atoms with Crippen LogP contribution in [0.25, 0.3) is 0 Å². The fourth-order valence-electron chi connectivity index (χ4n) is 1.47. The van der Waals surface area contributed by atoms with E-state index in [1.54, 1.807) is 6.92 Å². The van der Waals surface area contributed by atoms with E-state index in [1.807, 2.05) is 5.32 Å². The zero-order valence-corrected chi connectivity index (χ0v) is 10.6. The van der Waals surface area contributed by atoms with E-state index in [4.69, 9.17) is 0 Å². The van der Waals surface area contributed by atoms with Gasteiger partial charge in [-0.15, -0.1) is 0 Å². The van der Waals surface area contributed by atoms with Crippen LogP contribution in [0.2, 0.25) is 0 Å². The van der Waals surface area contributed by atoms with Crippen molar-refractivity contribution in [1.29, 1.82) is 0 Å². The lowest BCUT2D eigenvalue weighted by Crippen LogP contribution is -2.28. The van der Waals surface area contributed by atoms with Crippen molar-refractivity contribution in [2.75, 3.05) is 18.4 Å². The summed E-state index contributed by atoms with van der Waals surface area (Å²) in [5, 5.41) is 4.39. The molecule has 1 aromatic carbocycles. The molecule has 1 aromatic rings. The average molecular weight is 296 g/mol. The maximum Gasteiger partial charge on any atom is 0.390 e. The Kier molecular flexibility index (Phi) is 5.29. The molecule has 0 atom stereocenters. The van der Waals surface area contributed by atoms with Crippen LogP contribution in [0, 0.1) is 11.6 Å². The third-order valence-electron chi connectivity index (χ3n) is 2.35. The zero-order chi connectivity index (χ0) is 15.3. The second-order valence-electron chi connectivity index (χ2n) is 3.97. The van der Waals surface area contributed by atoms with Gasteiger partial charge in [0, 0.05) is 18.7 Å². The Labute approximate surface area is 112 Å². The fourth-order valence-corrected chi connectivity index (χ4v) is 1.47. The molecule has 112 valence electrons. The summed E-state index contributed by atoms with van der Waals surface area (Å²) in [5.74, 6) is -2.92. The molecule has 0 spiro atoms. The Hall–Kier alpha value is -1.86. The van der Waals surface area contributed by atoms with E-state index < -0.39 is 36.7 Å². The topological polar surface area (TPSA) is 41.1 Å². The number of anilines is 1. The molecule has 0 aliphatic carbocycles. The molecule has 20 heavy (non-hydrogen) atoms. The van der Waals surface area contributed by atoms with Crippen LogP contribution in [0.5, 0.6) is 0 Å². The largest absolute Gasteiger partial charge is 0.390 e. The van der Waals surface area contributed by atoms with Crippen molar-refractivity contribution in [2.24, 2.45) is 0 Å². The molecule has 0 bridgehead atoms. The number of carbonyl (C=O) groups excluding carboxylic acids is 1. The van der Waals surface area contributed by atoms with Gasteiger partial charge in [-0.1, -0.05) is 0 Å². The highest BCUT2D eigenvalue weighted by Crippen LogP contribution is 2.21. The summed E-state index contributed by atoms with van der Waals surface area (Å²) in [6.07, 6.45) is -5.61. The molecule has 0 heterocycles. The number of benzene rings is 1. The third kappa shape index (κ3) is 4.67. The van der Waals surface area contributed by atoms with Gasteiger partial charge in [0.1, 0.15) is 17.3 Å². The molecule has 0 saturated heterocycles. The number of hydrogen-bond donors (Lipinski definition) is 2. The summed E-state index contributed by atoms with van der Waals surface area (Å²) in [7, 11) is 0. The summed E-state index contributed by atoms with van der Waals surface area (Å²) >= 11 is 0. The summed E-state index contributed by atoms with van der Waals surface area (Å²) in [4.78, 5) is 11.5. The van der Waals surface area contributed by atoms with Crippen molar-refractivity contribution in [3.63, 3.8) is 0 Å². The molecule has 8 heteroatoms. The van der Waals surface area contributed by atoms with E-state index in [9.17, 15) is 26.7 Å². The molecule has 1 rings (SSSR count). The number of amides is 1. The van der Waals surface area contributed by atoms with Crippen LogP contribution in [0.1, 0.15) is 23.7 Å². The molecule has 0 unspecified atom stereocenters. The van der Waals surface area contributed by atoms with E-state index >= 15 is 0 Å². The first-order chi connectivity index (χ1) is 9.24. The molecular weight excluding hydrogens is 283 g/mol. The van der Waals surface area contributed by atoms with Crippen molar-refractivity contribution in [3.8, 4) is 0 Å². The zero-order valence-electron chi connectivity index (χ0n) is 10.6. The molecule has 0 saturated carbocycles. The Bertz CT molecular complexity index is 464. The highest BCUT2D eigenvalue weighted by Gasteiger charge is 2.26. The number of carbonyl (C=O) groups is 1. The highest BCUT2D eigenvalue weighted by molar-refractivity contribution is 5.94. The summed E-state index contributed by atoms with van der Waals surface area (Å²) < 4.78 is 62.7. The minimum atomic E-state index is -4.40. The number of rotatable bonds is 5. The molecular formula is C12H13F5N2O. The van der Waals surface area contributed by atoms with Crippen molar-refractivity contribution < 1.29 is 26.7 Å². The average Bonchev–Trinajstić information content (AvgIpc) is 2.31. The maximum atomic E-state index is 13.5. The SMILES string of the molecule is CCNc1c(F)cc(C(=O)NCCC(F)(F)F)cc1F. The Morgan fingerprint density at radius 1 is 1.20 bits per heavy atom. The van der Waals surface area contributed by atoms with Gasteiger partial charge in [0.05, 0.1) is 6.42 Å². The van der Waals surface area contributed by atoms with Gasteiger partial charge in [-0.2, -0.15) is 13.2 Å². The second-order valence-corrected chi connectivity index (χ2v) is 3.97. The van der Waals surface area contributed by atoms with Gasteiger partial charge in [0.25, 0.3) is 5.91 Å². The lowest BCUT2D eigenvalue weighted by Gasteiger charge is -2.10. The monoisotopic (exact) mass is 296 g/mol. The van der Waals surface area contributed by atoms with Gasteiger partial charge in [-0.3, -0.25) is 4.79 Å². The highest BCUT2D eigenvalue weighted by atomic mass is 19.4. The molecule has 0 fully saturated rings. The second kappa shape index (κ2) is 6.53. The normalized spacial score (nSPS) is 11.3. The van der Waals surface area contributed by atoms with Crippen molar-refractivity contribution in [2.45, 2.75) is 19.5 Å². The minimum Gasteiger partial charge on any atom is -0.381 e. The number of alkyl halides is 3. The van der Waals surface area contributed by atoms with E-state index in [1.165, 1.54) is 0 Å². The van der Waals surface area contributed by atoms with Crippen molar-refractivity contribution in [1.82, 2.24) is 5.32 Å². The van der Waals surface area contributed by atoms with Gasteiger partial charge >= 0.3 is 6.18 Å². The Morgan fingerprint density at radius 3 is 2.20 bits per heavy atom. The summed E-state index contributed by atoms with van der Waals surface area (Å²) in [6, 6.07) is 1.54. The Morgan fingerprint density at radius 2 is 1.75 bits per heavy atom. The lowest BCUT2D eigenvalue weighted by atomic mass is 10.1. The third-order valence-corrected chi connectivity index (χ3v) is 2.35. The van der Waals surface area contributed by atoms with Crippen molar-refractivity contribution in [3.05, 3.63) is 29.3 Å². The van der Waals surface area contributed by atoms with Crippen molar-refractivity contribution >= 4 is 11.6 Å². The quantitative estimate of drug-likeness (QED) is 0.820. The molecule has 0 radical (unpaired) electrons. The number of hydrogen-bond acceptors (Lipinski definition) is 2. The standard InChI is InChI=1S/C12H13F5N2O/c1-2-18-10-8(13)5-7(6-9(10)14)11(20)19-4-3-12(15,16)17/h5-6,18H,2-4H2,1H3,(H,19,20). The van der Waals surface area contributed by atoms with Crippen LogP contribution in [0.3, 0.4) is 0 Å². The van der Waals surface area contributed by atoms with Gasteiger partial charge in [0.2, 0.25) is 0 Å². The maximum absolute atomic E-state index is 13.5. The first kappa shape index (κ1) is 16.2. The fraction of sp³-hybridized carbons (Fsp3) is 0.417. The molecule has 3 nitrogen and oxygen atoms in total. The molecule has 0 aliphatic rings. The Balaban J connectivity index is 2.74. The summed E-state index contributed by atoms with van der Waals surface area (Å²) in [5.41, 5.74) is -0.747. The summed E-state index contributed by atoms with van der Waals surface area (Å²) in [6.45, 7) is 1.27. The van der Waals surface area contributed by atoms with Crippen LogP contribution in [-0.2, 0) is 0 Å².